The smallest absolute Gasteiger partial charge is 0.264 e. The molecule has 1 aromatic heterocycles. The van der Waals surface area contributed by atoms with E-state index in [2.05, 4.69) is 0 Å². The third-order valence-corrected chi connectivity index (χ3v) is 5.60. The van der Waals surface area contributed by atoms with E-state index in [1.54, 1.807) is 4.90 Å². The molecular formula is C16H24ClN3O3S. The molecule has 2 amide bonds. The quantitative estimate of drug-likeness (QED) is 0.847. The summed E-state index contributed by atoms with van der Waals surface area (Å²) in [4.78, 5) is 30.6. The number of hydrogen-bond donors (Lipinski definition) is 1. The highest BCUT2D eigenvalue weighted by molar-refractivity contribution is 7.13. The average molecular weight is 374 g/mol. The molecule has 0 spiro atoms. The van der Waals surface area contributed by atoms with Crippen LogP contribution in [0.1, 0.15) is 27.4 Å². The molecule has 2 saturated heterocycles. The van der Waals surface area contributed by atoms with E-state index in [1.165, 1.54) is 11.3 Å². The zero-order valence-electron chi connectivity index (χ0n) is 13.8. The maximum atomic E-state index is 12.7. The van der Waals surface area contributed by atoms with Gasteiger partial charge < -0.3 is 20.3 Å². The van der Waals surface area contributed by atoms with Gasteiger partial charge in [0.05, 0.1) is 10.4 Å². The predicted molar refractivity (Wildman–Crippen MR) is 95.8 cm³/mol. The lowest BCUT2D eigenvalue weighted by Gasteiger charge is -2.40. The van der Waals surface area contributed by atoms with Gasteiger partial charge in [0.2, 0.25) is 5.91 Å². The van der Waals surface area contributed by atoms with Gasteiger partial charge in [-0.2, -0.15) is 0 Å². The van der Waals surface area contributed by atoms with Crippen molar-refractivity contribution in [1.29, 1.82) is 0 Å². The van der Waals surface area contributed by atoms with Crippen LogP contribution in [0.2, 0.25) is 0 Å². The fourth-order valence-electron chi connectivity index (χ4n) is 3.08. The third-order valence-electron chi connectivity index (χ3n) is 4.62. The summed E-state index contributed by atoms with van der Waals surface area (Å²) < 4.78 is 5.30. The highest BCUT2D eigenvalue weighted by Crippen LogP contribution is 2.22. The molecule has 0 atom stereocenters. The lowest BCUT2D eigenvalue weighted by atomic mass is 9.89. The van der Waals surface area contributed by atoms with E-state index < -0.39 is 5.54 Å². The Bertz CT molecular complexity index is 593. The molecule has 24 heavy (non-hydrogen) atoms. The molecule has 0 unspecified atom stereocenters. The first kappa shape index (κ1) is 19.2. The van der Waals surface area contributed by atoms with Crippen LogP contribution in [0, 0.1) is 6.92 Å². The van der Waals surface area contributed by atoms with E-state index >= 15 is 0 Å². The molecule has 3 heterocycles. The number of nitrogens with zero attached hydrogens (tertiary/aromatic N) is 2. The van der Waals surface area contributed by atoms with E-state index in [1.807, 2.05) is 24.0 Å². The number of ether oxygens (including phenoxy) is 1. The lowest BCUT2D eigenvalue weighted by molar-refractivity contribution is -0.142. The molecule has 2 fully saturated rings. The first-order valence-electron chi connectivity index (χ1n) is 8.01. The average Bonchev–Trinajstić information content (AvgIpc) is 3.01. The minimum Gasteiger partial charge on any atom is -0.381 e. The minimum absolute atomic E-state index is 0. The Hall–Kier alpha value is -1.15. The van der Waals surface area contributed by atoms with Crippen molar-refractivity contribution in [2.24, 2.45) is 5.73 Å². The number of piperazine rings is 1. The monoisotopic (exact) mass is 373 g/mol. The summed E-state index contributed by atoms with van der Waals surface area (Å²) in [6.07, 6.45) is 1.14. The Labute approximate surface area is 152 Å². The van der Waals surface area contributed by atoms with Crippen molar-refractivity contribution < 1.29 is 14.3 Å². The number of thiophene rings is 1. The number of halogens is 1. The van der Waals surface area contributed by atoms with Gasteiger partial charge >= 0.3 is 0 Å². The second-order valence-corrected chi connectivity index (χ2v) is 7.55. The minimum atomic E-state index is -0.796. The van der Waals surface area contributed by atoms with Crippen LogP contribution in [0.5, 0.6) is 0 Å². The molecule has 0 aliphatic carbocycles. The first-order chi connectivity index (χ1) is 11.0. The zero-order valence-corrected chi connectivity index (χ0v) is 15.5. The second kappa shape index (κ2) is 7.82. The van der Waals surface area contributed by atoms with Crippen molar-refractivity contribution in [2.45, 2.75) is 25.3 Å². The second-order valence-electron chi connectivity index (χ2n) is 6.26. The van der Waals surface area contributed by atoms with Crippen molar-refractivity contribution in [3.63, 3.8) is 0 Å². The summed E-state index contributed by atoms with van der Waals surface area (Å²) in [7, 11) is 0. The SMILES string of the molecule is Cc1ccc(C(=O)N2CCN(C(=O)C3(N)CCOCC3)CC2)s1.Cl. The van der Waals surface area contributed by atoms with Gasteiger partial charge in [0.1, 0.15) is 0 Å². The summed E-state index contributed by atoms with van der Waals surface area (Å²) in [6, 6.07) is 3.83. The van der Waals surface area contributed by atoms with Crippen LogP contribution >= 0.6 is 23.7 Å². The maximum Gasteiger partial charge on any atom is 0.264 e. The van der Waals surface area contributed by atoms with Crippen LogP contribution in [0.25, 0.3) is 0 Å². The normalized spacial score (nSPS) is 20.4. The van der Waals surface area contributed by atoms with Crippen LogP contribution in [0.15, 0.2) is 12.1 Å². The molecule has 0 bridgehead atoms. The fourth-order valence-corrected chi connectivity index (χ4v) is 3.92. The van der Waals surface area contributed by atoms with Crippen molar-refractivity contribution in [1.82, 2.24) is 9.80 Å². The molecule has 1 aromatic rings. The number of aryl methyl sites for hydroxylation is 1. The molecule has 0 saturated carbocycles. The van der Waals surface area contributed by atoms with Crippen molar-refractivity contribution in [3.8, 4) is 0 Å². The van der Waals surface area contributed by atoms with Crippen LogP contribution < -0.4 is 5.73 Å². The summed E-state index contributed by atoms with van der Waals surface area (Å²) in [5, 5.41) is 0. The molecule has 0 radical (unpaired) electrons. The molecule has 134 valence electrons. The standard InChI is InChI=1S/C16H23N3O3S.ClH/c1-12-2-3-13(23-12)14(20)18-6-8-19(9-7-18)15(21)16(17)4-10-22-11-5-16;/h2-3H,4-11,17H2,1H3;1H. The molecule has 3 rings (SSSR count). The van der Waals surface area contributed by atoms with E-state index in [0.717, 1.165) is 9.75 Å². The van der Waals surface area contributed by atoms with Gasteiger partial charge in [0, 0.05) is 44.3 Å². The predicted octanol–water partition coefficient (Wildman–Crippen LogP) is 1.27. The largest absolute Gasteiger partial charge is 0.381 e. The number of carbonyl (C=O) groups is 2. The van der Waals surface area contributed by atoms with Crippen molar-refractivity contribution >= 4 is 35.6 Å². The summed E-state index contributed by atoms with van der Waals surface area (Å²) in [6.45, 7) is 5.30. The zero-order chi connectivity index (χ0) is 16.4. The van der Waals surface area contributed by atoms with Crippen LogP contribution in [-0.4, -0.2) is 66.5 Å². The molecular weight excluding hydrogens is 350 g/mol. The fraction of sp³-hybridized carbons (Fsp3) is 0.625. The van der Waals surface area contributed by atoms with Gasteiger partial charge in [-0.25, -0.2) is 0 Å². The maximum absolute atomic E-state index is 12.7. The third kappa shape index (κ3) is 3.91. The van der Waals surface area contributed by atoms with Crippen LogP contribution in [0.4, 0.5) is 0 Å². The van der Waals surface area contributed by atoms with E-state index in [9.17, 15) is 9.59 Å². The molecule has 8 heteroatoms. The van der Waals surface area contributed by atoms with Gasteiger partial charge in [-0.05, 0) is 31.9 Å². The lowest BCUT2D eigenvalue weighted by Crippen LogP contribution is -2.61. The number of amides is 2. The van der Waals surface area contributed by atoms with Crippen LogP contribution in [0.3, 0.4) is 0 Å². The van der Waals surface area contributed by atoms with Gasteiger partial charge in [-0.15, -0.1) is 23.7 Å². The summed E-state index contributed by atoms with van der Waals surface area (Å²) in [5.74, 6) is 0.0589. The van der Waals surface area contributed by atoms with Crippen LogP contribution in [-0.2, 0) is 9.53 Å². The molecule has 2 aliphatic rings. The number of carbonyl (C=O) groups excluding carboxylic acids is 2. The van der Waals surface area contributed by atoms with Crippen molar-refractivity contribution in [3.05, 3.63) is 21.9 Å². The highest BCUT2D eigenvalue weighted by Gasteiger charge is 2.40. The summed E-state index contributed by atoms with van der Waals surface area (Å²) in [5.41, 5.74) is 5.48. The van der Waals surface area contributed by atoms with Crippen molar-refractivity contribution in [2.75, 3.05) is 39.4 Å². The van der Waals surface area contributed by atoms with Gasteiger partial charge in [-0.1, -0.05) is 0 Å². The van der Waals surface area contributed by atoms with Gasteiger partial charge in [-0.3, -0.25) is 9.59 Å². The van der Waals surface area contributed by atoms with E-state index in [4.69, 9.17) is 10.5 Å². The molecule has 6 nitrogen and oxygen atoms in total. The van der Waals surface area contributed by atoms with E-state index in [0.29, 0.717) is 52.2 Å². The number of rotatable bonds is 2. The highest BCUT2D eigenvalue weighted by atomic mass is 35.5. The number of nitrogens with two attached hydrogens (primary N) is 1. The first-order valence-corrected chi connectivity index (χ1v) is 8.83. The van der Waals surface area contributed by atoms with E-state index in [-0.39, 0.29) is 24.2 Å². The Morgan fingerprint density at radius 2 is 1.71 bits per heavy atom. The Morgan fingerprint density at radius 1 is 1.12 bits per heavy atom. The Balaban J connectivity index is 0.00000208. The Morgan fingerprint density at radius 3 is 2.25 bits per heavy atom. The molecule has 0 aromatic carbocycles. The summed E-state index contributed by atoms with van der Waals surface area (Å²) >= 11 is 1.51. The Kier molecular flexibility index (Phi) is 6.25. The van der Waals surface area contributed by atoms with Gasteiger partial charge in [0.15, 0.2) is 0 Å². The number of hydrogen-bond acceptors (Lipinski definition) is 5. The molecule has 2 N–H and O–H groups in total. The van der Waals surface area contributed by atoms with Gasteiger partial charge in [0.25, 0.3) is 5.91 Å². The molecule has 2 aliphatic heterocycles. The topological polar surface area (TPSA) is 75.9 Å².